The van der Waals surface area contributed by atoms with Gasteiger partial charge in [-0.2, -0.15) is 0 Å². The number of nitrogens with zero attached hydrogens (tertiary/aromatic N) is 14. The van der Waals surface area contributed by atoms with Crippen molar-refractivity contribution in [3.63, 3.8) is 0 Å². The maximum absolute atomic E-state index is 14.2. The van der Waals surface area contributed by atoms with E-state index < -0.39 is 0 Å². The average molecular weight is 1470 g/mol. The van der Waals surface area contributed by atoms with E-state index in [4.69, 9.17) is 9.97 Å². The molecular formula is C80H52N16O2Ru2+4. The number of carbonyl (C=O) groups excluding carboxylic acids is 2. The number of hydrogen-bond donors (Lipinski definition) is 2. The van der Waals surface area contributed by atoms with E-state index in [0.29, 0.717) is 45.0 Å². The Bertz CT molecular complexity index is 5050. The van der Waals surface area contributed by atoms with E-state index >= 15 is 0 Å². The van der Waals surface area contributed by atoms with Crippen molar-refractivity contribution in [2.45, 2.75) is 0 Å². The standard InChI is InChI=1S/C40H20N8O2.4C10H8N2.2Ru/c49-37-21-11-9-19(39-45-33-23-5-1-13-41-29(23)30-24(34(33)46-39)6-2-14-42-30)17-27(21)38(50)28-18-20(10-12-22(28)37)40-47-35-25-7-3-15-43-31(25)32-26(36(35)48-40)8-4-16-44-32;4*1-3-7-11-9(5-1)10-6-2-4-8-12-10;;/h1-18H,(H,45,46)(H,47,48);4*1-8H;;/q;;;;;2*+2. The molecule has 0 saturated heterocycles. The van der Waals surface area contributed by atoms with Crippen molar-refractivity contribution in [2.75, 3.05) is 0 Å². The maximum Gasteiger partial charge on any atom is 2.00 e. The molecule has 1 aliphatic rings. The second-order valence-corrected chi connectivity index (χ2v) is 22.1. The van der Waals surface area contributed by atoms with Gasteiger partial charge in [-0.05, 0) is 170 Å². The molecule has 19 rings (SSSR count). The minimum absolute atomic E-state index is 0. The van der Waals surface area contributed by atoms with E-state index in [2.05, 4.69) is 69.8 Å². The van der Waals surface area contributed by atoms with Crippen molar-refractivity contribution < 1.29 is 48.5 Å². The number of aromatic nitrogens is 16. The third kappa shape index (κ3) is 13.8. The van der Waals surface area contributed by atoms with Gasteiger partial charge in [-0.15, -0.1) is 0 Å². The topological polar surface area (TPSA) is 246 Å². The summed E-state index contributed by atoms with van der Waals surface area (Å²) in [6, 6.07) is 72.4. The zero-order chi connectivity index (χ0) is 66.0. The van der Waals surface area contributed by atoms with Crippen LogP contribution in [0.5, 0.6) is 0 Å². The Labute approximate surface area is 596 Å². The molecule has 14 heterocycles. The van der Waals surface area contributed by atoms with Gasteiger partial charge in [0.05, 0.1) is 89.7 Å². The van der Waals surface area contributed by atoms with Gasteiger partial charge in [0.15, 0.2) is 11.6 Å². The Morgan fingerprint density at radius 1 is 0.220 bits per heavy atom. The molecule has 18 aromatic rings. The summed E-state index contributed by atoms with van der Waals surface area (Å²) < 4.78 is 0. The second-order valence-electron chi connectivity index (χ2n) is 22.1. The molecule has 0 radical (unpaired) electrons. The van der Waals surface area contributed by atoms with Crippen LogP contribution in [0.25, 0.3) is 134 Å². The first kappa shape index (κ1) is 65.9. The smallest absolute Gasteiger partial charge is 0.337 e. The van der Waals surface area contributed by atoms with Crippen LogP contribution < -0.4 is 0 Å². The van der Waals surface area contributed by atoms with Crippen LogP contribution in [0, 0.1) is 0 Å². The zero-order valence-electron chi connectivity index (χ0n) is 52.7. The van der Waals surface area contributed by atoms with Gasteiger partial charge in [0.25, 0.3) is 0 Å². The van der Waals surface area contributed by atoms with E-state index in [1.165, 1.54) is 0 Å². The predicted molar refractivity (Wildman–Crippen MR) is 381 cm³/mol. The largest absolute Gasteiger partial charge is 2.00 e. The molecule has 0 amide bonds. The van der Waals surface area contributed by atoms with Gasteiger partial charge in [-0.1, -0.05) is 60.7 Å². The average Bonchev–Trinajstić information content (AvgIpc) is 1.50. The van der Waals surface area contributed by atoms with Crippen molar-refractivity contribution in [2.24, 2.45) is 0 Å². The minimum Gasteiger partial charge on any atom is -0.337 e. The van der Waals surface area contributed by atoms with Gasteiger partial charge in [0, 0.05) is 129 Å². The van der Waals surface area contributed by atoms with Crippen LogP contribution in [0.15, 0.2) is 305 Å². The minimum atomic E-state index is -0.237. The molecule has 0 fully saturated rings. The molecule has 0 aliphatic heterocycles. The number of carbonyl (C=O) groups is 2. The Kier molecular flexibility index (Phi) is 20.1. The number of H-pyrrole nitrogens is 2. The first-order chi connectivity index (χ1) is 48.5. The fourth-order valence-corrected chi connectivity index (χ4v) is 11.5. The van der Waals surface area contributed by atoms with Gasteiger partial charge in [-0.3, -0.25) is 69.4 Å². The van der Waals surface area contributed by atoms with Gasteiger partial charge >= 0.3 is 39.0 Å². The Morgan fingerprint density at radius 3 is 0.720 bits per heavy atom. The van der Waals surface area contributed by atoms with Crippen molar-refractivity contribution in [3.8, 4) is 68.3 Å². The molecule has 4 aromatic carbocycles. The molecule has 476 valence electrons. The number of ketones is 2. The summed E-state index contributed by atoms with van der Waals surface area (Å²) in [6.45, 7) is 0. The first-order valence-corrected chi connectivity index (χ1v) is 31.2. The Morgan fingerprint density at radius 2 is 0.460 bits per heavy atom. The molecular weight excluding hydrogens is 1420 g/mol. The zero-order valence-corrected chi connectivity index (χ0v) is 56.1. The number of hydrogen-bond acceptors (Lipinski definition) is 16. The van der Waals surface area contributed by atoms with E-state index in [-0.39, 0.29) is 50.5 Å². The third-order valence-corrected chi connectivity index (χ3v) is 16.1. The van der Waals surface area contributed by atoms with Gasteiger partial charge in [-0.25, -0.2) is 9.97 Å². The van der Waals surface area contributed by atoms with Crippen molar-refractivity contribution in [1.29, 1.82) is 0 Å². The van der Waals surface area contributed by atoms with Crippen LogP contribution in [0.4, 0.5) is 0 Å². The van der Waals surface area contributed by atoms with Crippen LogP contribution in [-0.4, -0.2) is 91.3 Å². The van der Waals surface area contributed by atoms with Crippen LogP contribution in [-0.2, 0) is 39.0 Å². The number of pyridine rings is 12. The number of benzene rings is 4. The van der Waals surface area contributed by atoms with Crippen LogP contribution in [0.2, 0.25) is 0 Å². The van der Waals surface area contributed by atoms with Crippen LogP contribution >= 0.6 is 0 Å². The van der Waals surface area contributed by atoms with Crippen LogP contribution in [0.3, 0.4) is 0 Å². The maximum atomic E-state index is 14.2. The van der Waals surface area contributed by atoms with Crippen molar-refractivity contribution >= 4 is 77.2 Å². The molecule has 1 aliphatic carbocycles. The van der Waals surface area contributed by atoms with Crippen molar-refractivity contribution in [3.05, 3.63) is 327 Å². The Hall–Kier alpha value is -12.8. The summed E-state index contributed by atoms with van der Waals surface area (Å²) in [5, 5.41) is 3.55. The summed E-state index contributed by atoms with van der Waals surface area (Å²) in [5.74, 6) is 0.717. The molecule has 14 aromatic heterocycles. The van der Waals surface area contributed by atoms with E-state index in [0.717, 1.165) is 111 Å². The molecule has 0 bridgehead atoms. The number of rotatable bonds is 6. The van der Waals surface area contributed by atoms with Gasteiger partial charge < -0.3 is 9.97 Å². The van der Waals surface area contributed by atoms with Gasteiger partial charge in [0.2, 0.25) is 0 Å². The molecule has 0 spiro atoms. The summed E-state index contributed by atoms with van der Waals surface area (Å²) in [4.78, 5) is 96.8. The van der Waals surface area contributed by atoms with E-state index in [1.807, 2.05) is 206 Å². The number of imidazole rings is 2. The molecule has 18 nitrogen and oxygen atoms in total. The second kappa shape index (κ2) is 30.5. The quantitative estimate of drug-likeness (QED) is 0.116. The predicted octanol–water partition coefficient (Wildman–Crippen LogP) is 16.3. The van der Waals surface area contributed by atoms with E-state index in [9.17, 15) is 9.59 Å². The molecule has 0 atom stereocenters. The summed E-state index contributed by atoms with van der Waals surface area (Å²) in [7, 11) is 0. The van der Waals surface area contributed by atoms with Crippen LogP contribution in [0.1, 0.15) is 31.8 Å². The van der Waals surface area contributed by atoms with Crippen molar-refractivity contribution in [1.82, 2.24) is 79.7 Å². The fraction of sp³-hybridized carbons (Fsp3) is 0. The number of nitrogens with one attached hydrogen (secondary N) is 2. The fourth-order valence-electron chi connectivity index (χ4n) is 11.5. The third-order valence-electron chi connectivity index (χ3n) is 16.1. The van der Waals surface area contributed by atoms with E-state index in [1.54, 1.807) is 98.6 Å². The SMILES string of the molecule is O=C1c2ccc(-c3nc4c5cccnc5c5ncccc5c4[nH]3)cc2C(=O)c2cc(-c3nc4c5cccnc5c5ncccc5c4[nH]3)ccc21.[Ru+2].[Ru+2].c1ccc(-c2ccccn2)nc1.c1ccc(-c2ccccn2)nc1.c1ccc(-c2ccccn2)nc1.c1ccc(-c2ccccn2)nc1. The molecule has 2 N–H and O–H groups in total. The molecule has 0 saturated carbocycles. The monoisotopic (exact) mass is 1470 g/mol. The summed E-state index contributed by atoms with van der Waals surface area (Å²) in [5.41, 5.74) is 16.4. The molecule has 0 unspecified atom stereocenters. The first-order valence-electron chi connectivity index (χ1n) is 31.2. The Balaban J connectivity index is 0.000000143. The molecule has 20 heteroatoms. The number of fused-ring (bicyclic) bond motifs is 14. The van der Waals surface area contributed by atoms with Gasteiger partial charge in [0.1, 0.15) is 11.6 Å². The molecule has 100 heavy (non-hydrogen) atoms. The summed E-state index contributed by atoms with van der Waals surface area (Å²) in [6.07, 6.45) is 21.1. The number of aromatic amines is 2. The normalized spacial score (nSPS) is 11.1. The summed E-state index contributed by atoms with van der Waals surface area (Å²) >= 11 is 0.